The molecule has 9 nitrogen and oxygen atoms in total. The van der Waals surface area contributed by atoms with E-state index in [0.29, 0.717) is 0 Å². The lowest BCUT2D eigenvalue weighted by atomic mass is 9.49. The van der Waals surface area contributed by atoms with Crippen LogP contribution in [0.1, 0.15) is 34.1 Å². The lowest BCUT2D eigenvalue weighted by molar-refractivity contribution is -0.186. The van der Waals surface area contributed by atoms with Crippen LogP contribution >= 0.6 is 0 Å². The molecule has 2 amide bonds. The molecule has 0 spiro atoms. The summed E-state index contributed by atoms with van der Waals surface area (Å²) in [6.07, 6.45) is -1.14. The summed E-state index contributed by atoms with van der Waals surface area (Å²) < 4.78 is 6.42. The monoisotopic (exact) mass is 346 g/mol. The van der Waals surface area contributed by atoms with Gasteiger partial charge in [-0.05, 0) is 0 Å². The number of carbonyl (C=O) groups excluding carboxylic acids is 2. The molecule has 0 radical (unpaired) electrons. The predicted molar refractivity (Wildman–Crippen MR) is 84.7 cm³/mol. The highest BCUT2D eigenvalue weighted by atomic mass is 16.4. The zero-order valence-electron chi connectivity index (χ0n) is 15.3. The summed E-state index contributed by atoms with van der Waals surface area (Å²) in [5.41, 5.74) is 4.38. The number of aliphatic hydroxyl groups is 2. The number of carboxylic acids is 1. The molecule has 0 heterocycles. The van der Waals surface area contributed by atoms with Crippen molar-refractivity contribution in [1.29, 1.82) is 1.43 Å². The average Bonchev–Trinajstić information content (AvgIpc) is 2.55. The maximum Gasteiger partial charge on any atom is 0.305 e. The van der Waals surface area contributed by atoms with E-state index < -0.39 is 59.8 Å². The quantitative estimate of drug-likeness (QED) is 0.316. The van der Waals surface area contributed by atoms with E-state index in [1.807, 2.05) is 27.7 Å². The molecule has 0 unspecified atom stereocenters. The van der Waals surface area contributed by atoms with Gasteiger partial charge in [-0.2, -0.15) is 0 Å². The lowest BCUT2D eigenvalue weighted by Crippen LogP contribution is -2.74. The van der Waals surface area contributed by atoms with Crippen molar-refractivity contribution in [3.8, 4) is 0 Å². The Labute approximate surface area is 142 Å². The van der Waals surface area contributed by atoms with Gasteiger partial charge in [0.15, 0.2) is 0 Å². The van der Waals surface area contributed by atoms with Gasteiger partial charge in [-0.15, -0.1) is 0 Å². The second-order valence-electron chi connectivity index (χ2n) is 7.41. The number of aliphatic hydroxyl groups excluding tert-OH is 2. The van der Waals surface area contributed by atoms with Crippen molar-refractivity contribution in [3.05, 3.63) is 0 Å². The van der Waals surface area contributed by atoms with Gasteiger partial charge in [0.25, 0.3) is 1.43 Å². The normalized spacial score (nSPS) is 27.0. The van der Waals surface area contributed by atoms with Crippen LogP contribution < -0.4 is 16.4 Å². The molecule has 1 aliphatic carbocycles. The minimum absolute atomic E-state index is 0.361. The molecule has 0 aliphatic heterocycles. The second-order valence-corrected chi connectivity index (χ2v) is 7.41. The average molecular weight is 346 g/mol. The van der Waals surface area contributed by atoms with Gasteiger partial charge < -0.3 is 31.7 Å². The Hall–Kier alpha value is -1.71. The molecule has 1 rings (SSSR count). The first kappa shape index (κ1) is 18.6. The summed E-state index contributed by atoms with van der Waals surface area (Å²) in [7, 11) is 0. The van der Waals surface area contributed by atoms with Crippen molar-refractivity contribution in [3.63, 3.8) is 0 Å². The summed E-state index contributed by atoms with van der Waals surface area (Å²) in [6.45, 7) is 6.57. The largest absolute Gasteiger partial charge is 0.481 e. The van der Waals surface area contributed by atoms with Gasteiger partial charge in [0.2, 0.25) is 11.8 Å². The lowest BCUT2D eigenvalue weighted by Gasteiger charge is -2.61. The fourth-order valence-corrected chi connectivity index (χ4v) is 3.50. The second kappa shape index (κ2) is 7.04. The molecule has 0 aromatic rings. The first-order valence-corrected chi connectivity index (χ1v) is 7.70. The Balaban J connectivity index is 2.69. The summed E-state index contributed by atoms with van der Waals surface area (Å²) in [6, 6.07) is -2.92. The number of nitrogens with two attached hydrogens (primary N) is 1. The number of amides is 2. The predicted octanol–water partition coefficient (Wildman–Crippen LogP) is -1.82. The number of carboxylic acid groups (broad SMARTS) is 1. The van der Waals surface area contributed by atoms with Crippen LogP contribution in [0.5, 0.6) is 0 Å². The molecule has 1 fully saturated rings. The Morgan fingerprint density at radius 2 is 1.75 bits per heavy atom. The smallest absolute Gasteiger partial charge is 0.305 e. The first-order valence-electron chi connectivity index (χ1n) is 8.11. The highest BCUT2D eigenvalue weighted by Crippen LogP contribution is 2.53. The molecular formula is C15H27N3O6. The van der Waals surface area contributed by atoms with Gasteiger partial charge >= 0.3 is 5.97 Å². The van der Waals surface area contributed by atoms with E-state index in [9.17, 15) is 24.6 Å². The van der Waals surface area contributed by atoms with Crippen molar-refractivity contribution in [2.24, 2.45) is 16.6 Å². The molecule has 24 heavy (non-hydrogen) atoms. The van der Waals surface area contributed by atoms with Crippen LogP contribution in [0.2, 0.25) is 0 Å². The van der Waals surface area contributed by atoms with Gasteiger partial charge in [-0.25, -0.2) is 0 Å². The number of nitrogens with one attached hydrogen (secondary N) is 2. The van der Waals surface area contributed by atoms with E-state index >= 15 is 0 Å². The molecule has 1 saturated carbocycles. The maximum absolute atomic E-state index is 12.4. The summed E-state index contributed by atoms with van der Waals surface area (Å²) in [4.78, 5) is 35.2. The van der Waals surface area contributed by atoms with Crippen LogP contribution in [0.3, 0.4) is 0 Å². The van der Waals surface area contributed by atoms with Crippen LogP contribution in [0, 0.1) is 10.8 Å². The van der Waals surface area contributed by atoms with Crippen LogP contribution in [0.4, 0.5) is 0 Å². The van der Waals surface area contributed by atoms with Crippen molar-refractivity contribution < 1.29 is 29.7 Å². The van der Waals surface area contributed by atoms with E-state index in [4.69, 9.17) is 7.16 Å². The fourth-order valence-electron chi connectivity index (χ4n) is 3.50. The van der Waals surface area contributed by atoms with Crippen molar-refractivity contribution in [2.45, 2.75) is 58.3 Å². The maximum atomic E-state index is 12.4. The van der Waals surface area contributed by atoms with Gasteiger partial charge in [0, 0.05) is 16.9 Å². The number of carbonyl (C=O) groups is 3. The molecule has 9 heteroatoms. The molecular weight excluding hydrogens is 318 g/mol. The van der Waals surface area contributed by atoms with Crippen LogP contribution in [0.25, 0.3) is 1.43 Å². The highest BCUT2D eigenvalue weighted by Gasteiger charge is 2.61. The summed E-state index contributed by atoms with van der Waals surface area (Å²) >= 11 is 0. The topological polar surface area (TPSA) is 162 Å². The Kier molecular flexibility index (Phi) is 5.46. The number of hydrogen-bond donors (Lipinski definition) is 6. The minimum atomic E-state index is -1.31. The third-order valence-electron chi connectivity index (χ3n) is 4.72. The minimum Gasteiger partial charge on any atom is -0.481 e. The van der Waals surface area contributed by atoms with Crippen molar-refractivity contribution in [1.82, 2.24) is 10.6 Å². The van der Waals surface area contributed by atoms with Gasteiger partial charge in [0.05, 0.1) is 25.2 Å². The molecule has 1 aliphatic rings. The number of hydrogen-bond acceptors (Lipinski definition) is 7. The molecule has 138 valence electrons. The van der Waals surface area contributed by atoms with E-state index in [1.165, 1.54) is 0 Å². The Morgan fingerprint density at radius 3 is 2.21 bits per heavy atom. The summed E-state index contributed by atoms with van der Waals surface area (Å²) in [5.74, 6) is -2.43. The van der Waals surface area contributed by atoms with Gasteiger partial charge in [0.1, 0.15) is 6.04 Å². The third-order valence-corrected chi connectivity index (χ3v) is 4.72. The van der Waals surface area contributed by atoms with E-state index in [1.54, 1.807) is 0 Å². The first-order chi connectivity index (χ1) is 11.4. The molecule has 0 bridgehead atoms. The van der Waals surface area contributed by atoms with Crippen LogP contribution in [0.15, 0.2) is 0 Å². The molecule has 2 atom stereocenters. The van der Waals surface area contributed by atoms with Crippen LogP contribution in [-0.2, 0) is 14.4 Å². The standard InChI is InChI=1S/C15H27N3O6/c1-14(2)12(15(3,4)13(14)24)18-11(23)8(6-19)17-10(22)7(16)5-9(20)21/h7-8,12-13,19,24H,5-6,16H2,1-4H3,(H,17,22)(H,18,23)(H,20,21)/t7-,8-,12?,13?/m0/s1/i/hD. The summed E-state index contributed by atoms with van der Waals surface area (Å²) in [5, 5.41) is 28.2. The van der Waals surface area contributed by atoms with Gasteiger partial charge in [-0.1, -0.05) is 27.7 Å². The van der Waals surface area contributed by atoms with Gasteiger partial charge in [-0.3, -0.25) is 14.4 Å². The van der Waals surface area contributed by atoms with E-state index in [2.05, 4.69) is 15.7 Å². The molecule has 0 saturated heterocycles. The SMILES string of the molecule is [2H]OC(=O)C[C@H](N)C(=O)N[C@@H](CO)C(=O)NC1C(C)(C)C(O)C1(C)C. The Bertz CT molecular complexity index is 523. The number of rotatable bonds is 7. The van der Waals surface area contributed by atoms with E-state index in [0.717, 1.165) is 0 Å². The molecule has 0 aromatic heterocycles. The van der Waals surface area contributed by atoms with Crippen LogP contribution in [-0.4, -0.2) is 63.9 Å². The van der Waals surface area contributed by atoms with Crippen molar-refractivity contribution in [2.75, 3.05) is 6.61 Å². The third kappa shape index (κ3) is 3.85. The zero-order valence-corrected chi connectivity index (χ0v) is 14.3. The highest BCUT2D eigenvalue weighted by molar-refractivity contribution is 5.91. The molecule has 0 aromatic carbocycles. The molecule has 7 N–H and O–H groups in total. The van der Waals surface area contributed by atoms with Crippen molar-refractivity contribution >= 4 is 17.8 Å². The van der Waals surface area contributed by atoms with E-state index in [-0.39, 0.29) is 6.04 Å². The fraction of sp³-hybridized carbons (Fsp3) is 0.800. The zero-order chi connectivity index (χ0) is 19.6. The number of aliphatic carboxylic acids is 1. The Morgan fingerprint density at radius 1 is 1.21 bits per heavy atom.